The Bertz CT molecular complexity index is 824. The standard InChI is InChI=1S/C22H27FN2O4/c1-13(19(27)24-18-5-3-17(23)4-6-18)29-20(28)21-8-15-7-16(9-21)11-22(10-15,12-21)25-14(2)26/h3-6,13,15-16H,7-12H2,1-2H3,(H,24,27)(H,25,26)/t13-,15-,16+,21?,22?/m0/s1. The van der Waals surface area contributed by atoms with Crippen LogP contribution in [0, 0.1) is 23.1 Å². The zero-order valence-electron chi connectivity index (χ0n) is 16.8. The van der Waals surface area contributed by atoms with Crippen molar-refractivity contribution < 1.29 is 23.5 Å². The molecule has 1 aromatic carbocycles. The summed E-state index contributed by atoms with van der Waals surface area (Å²) in [6.45, 7) is 3.06. The molecule has 4 aliphatic rings. The second kappa shape index (κ2) is 7.11. The molecule has 6 nitrogen and oxygen atoms in total. The average molecular weight is 402 g/mol. The quantitative estimate of drug-likeness (QED) is 0.741. The van der Waals surface area contributed by atoms with Crippen molar-refractivity contribution in [2.24, 2.45) is 17.3 Å². The third-order valence-corrected chi connectivity index (χ3v) is 6.70. The summed E-state index contributed by atoms with van der Waals surface area (Å²) in [5, 5.41) is 5.77. The largest absolute Gasteiger partial charge is 0.452 e. The highest BCUT2D eigenvalue weighted by molar-refractivity contribution is 5.95. The van der Waals surface area contributed by atoms with Crippen molar-refractivity contribution in [1.29, 1.82) is 0 Å². The molecule has 0 spiro atoms. The van der Waals surface area contributed by atoms with Gasteiger partial charge in [0.05, 0.1) is 5.41 Å². The van der Waals surface area contributed by atoms with Crippen LogP contribution < -0.4 is 10.6 Å². The molecule has 0 aliphatic heterocycles. The Kier molecular flexibility index (Phi) is 4.87. The highest BCUT2D eigenvalue weighted by atomic mass is 19.1. The summed E-state index contributed by atoms with van der Waals surface area (Å²) in [7, 11) is 0. The summed E-state index contributed by atoms with van der Waals surface area (Å²) in [5.74, 6) is -0.452. The first-order valence-electron chi connectivity index (χ1n) is 10.2. The topological polar surface area (TPSA) is 84.5 Å². The summed E-state index contributed by atoms with van der Waals surface area (Å²) in [5.41, 5.74) is -0.510. The van der Waals surface area contributed by atoms with Crippen LogP contribution in [0.1, 0.15) is 52.4 Å². The SMILES string of the molecule is CC(=O)NC12C[C@H]3C[C@@H](C1)CC(C(=O)O[C@@H](C)C(=O)Nc1ccc(F)cc1)(C3)C2. The van der Waals surface area contributed by atoms with Gasteiger partial charge in [0.1, 0.15) is 5.82 Å². The molecule has 4 bridgehead atoms. The summed E-state index contributed by atoms with van der Waals surface area (Å²) in [6, 6.07) is 5.42. The van der Waals surface area contributed by atoms with Crippen LogP contribution in [0.5, 0.6) is 0 Å². The van der Waals surface area contributed by atoms with E-state index in [1.54, 1.807) is 6.92 Å². The molecule has 4 aliphatic carbocycles. The first-order valence-corrected chi connectivity index (χ1v) is 10.2. The molecule has 2 amide bonds. The van der Waals surface area contributed by atoms with Gasteiger partial charge in [0.25, 0.3) is 5.91 Å². The van der Waals surface area contributed by atoms with Gasteiger partial charge < -0.3 is 15.4 Å². The number of halogens is 1. The zero-order valence-corrected chi connectivity index (χ0v) is 16.8. The third kappa shape index (κ3) is 3.87. The Balaban J connectivity index is 1.44. The molecule has 2 unspecified atom stereocenters. The van der Waals surface area contributed by atoms with Crippen LogP contribution in [-0.2, 0) is 19.1 Å². The fraction of sp³-hybridized carbons (Fsp3) is 0.591. The maximum absolute atomic E-state index is 13.2. The van der Waals surface area contributed by atoms with Crippen LogP contribution in [0.3, 0.4) is 0 Å². The van der Waals surface area contributed by atoms with Crippen LogP contribution in [0.4, 0.5) is 10.1 Å². The van der Waals surface area contributed by atoms with Gasteiger partial charge in [-0.1, -0.05) is 0 Å². The second-order valence-corrected chi connectivity index (χ2v) is 9.25. The molecule has 1 aromatic rings. The number of carbonyl (C=O) groups is 3. The lowest BCUT2D eigenvalue weighted by atomic mass is 9.47. The maximum Gasteiger partial charge on any atom is 0.312 e. The first-order chi connectivity index (χ1) is 13.7. The van der Waals surface area contributed by atoms with Crippen molar-refractivity contribution >= 4 is 23.5 Å². The highest BCUT2D eigenvalue weighted by Crippen LogP contribution is 2.62. The number of esters is 1. The number of nitrogens with one attached hydrogen (secondary N) is 2. The Morgan fingerprint density at radius 3 is 2.31 bits per heavy atom. The van der Waals surface area contributed by atoms with Gasteiger partial charge in [0.2, 0.25) is 5.91 Å². The van der Waals surface area contributed by atoms with Crippen molar-refractivity contribution in [2.75, 3.05) is 5.32 Å². The third-order valence-electron chi connectivity index (χ3n) is 6.70. The molecule has 156 valence electrons. The minimum absolute atomic E-state index is 0.0671. The number of amides is 2. The summed E-state index contributed by atoms with van der Waals surface area (Å²) in [6.07, 6.45) is 4.06. The van der Waals surface area contributed by atoms with E-state index in [1.165, 1.54) is 31.2 Å². The fourth-order valence-corrected chi connectivity index (χ4v) is 6.14. The van der Waals surface area contributed by atoms with Gasteiger partial charge in [0, 0.05) is 18.2 Å². The molecule has 5 rings (SSSR count). The predicted octanol–water partition coefficient (Wildman–Crippen LogP) is 3.17. The van der Waals surface area contributed by atoms with Crippen molar-refractivity contribution in [3.05, 3.63) is 30.1 Å². The minimum Gasteiger partial charge on any atom is -0.452 e. The van der Waals surface area contributed by atoms with Crippen LogP contribution in [0.2, 0.25) is 0 Å². The van der Waals surface area contributed by atoms with Gasteiger partial charge in [-0.05, 0) is 81.5 Å². The van der Waals surface area contributed by atoms with Crippen LogP contribution in [0.25, 0.3) is 0 Å². The number of rotatable bonds is 5. The van der Waals surface area contributed by atoms with Crippen LogP contribution >= 0.6 is 0 Å². The van der Waals surface area contributed by atoms with Gasteiger partial charge in [-0.3, -0.25) is 14.4 Å². The Morgan fingerprint density at radius 2 is 1.72 bits per heavy atom. The number of ether oxygens (including phenoxy) is 1. The van der Waals surface area contributed by atoms with Crippen molar-refractivity contribution in [1.82, 2.24) is 5.32 Å². The zero-order chi connectivity index (χ0) is 20.8. The maximum atomic E-state index is 13.2. The molecule has 4 saturated carbocycles. The highest BCUT2D eigenvalue weighted by Gasteiger charge is 2.61. The average Bonchev–Trinajstić information content (AvgIpc) is 2.61. The second-order valence-electron chi connectivity index (χ2n) is 9.25. The van der Waals surface area contributed by atoms with Crippen molar-refractivity contribution in [3.63, 3.8) is 0 Å². The molecular weight excluding hydrogens is 375 g/mol. The lowest BCUT2D eigenvalue weighted by molar-refractivity contribution is -0.181. The van der Waals surface area contributed by atoms with E-state index >= 15 is 0 Å². The van der Waals surface area contributed by atoms with E-state index in [9.17, 15) is 18.8 Å². The van der Waals surface area contributed by atoms with Gasteiger partial charge in [-0.15, -0.1) is 0 Å². The normalized spacial score (nSPS) is 33.1. The molecule has 5 atom stereocenters. The molecule has 0 heterocycles. The predicted molar refractivity (Wildman–Crippen MR) is 104 cm³/mol. The van der Waals surface area contributed by atoms with Crippen LogP contribution in [-0.4, -0.2) is 29.4 Å². The molecule has 0 aromatic heterocycles. The van der Waals surface area contributed by atoms with Crippen molar-refractivity contribution in [3.8, 4) is 0 Å². The number of hydrogen-bond donors (Lipinski definition) is 2. The van der Waals surface area contributed by atoms with Gasteiger partial charge >= 0.3 is 5.97 Å². The van der Waals surface area contributed by atoms with E-state index in [2.05, 4.69) is 10.6 Å². The Labute approximate surface area is 169 Å². The smallest absolute Gasteiger partial charge is 0.312 e. The Hall–Kier alpha value is -2.44. The number of benzene rings is 1. The monoisotopic (exact) mass is 402 g/mol. The Morgan fingerprint density at radius 1 is 1.10 bits per heavy atom. The lowest BCUT2D eigenvalue weighted by Crippen LogP contribution is -2.65. The van der Waals surface area contributed by atoms with Gasteiger partial charge in [-0.2, -0.15) is 0 Å². The first kappa shape index (κ1) is 19.9. The van der Waals surface area contributed by atoms with E-state index in [4.69, 9.17) is 4.74 Å². The van der Waals surface area contributed by atoms with Crippen molar-refractivity contribution in [2.45, 2.75) is 64.0 Å². The van der Waals surface area contributed by atoms with Gasteiger partial charge in [0.15, 0.2) is 6.10 Å². The molecule has 0 saturated heterocycles. The number of anilines is 1. The van der Waals surface area contributed by atoms with E-state index in [-0.39, 0.29) is 17.4 Å². The minimum atomic E-state index is -0.961. The summed E-state index contributed by atoms with van der Waals surface area (Å²) < 4.78 is 18.6. The van der Waals surface area contributed by atoms with E-state index in [0.29, 0.717) is 23.9 Å². The molecular formula is C22H27FN2O4. The summed E-state index contributed by atoms with van der Waals surface area (Å²) >= 11 is 0. The fourth-order valence-electron chi connectivity index (χ4n) is 6.14. The molecule has 7 heteroatoms. The molecule has 2 N–H and O–H groups in total. The van der Waals surface area contributed by atoms with Crippen LogP contribution in [0.15, 0.2) is 24.3 Å². The van der Waals surface area contributed by atoms with Gasteiger partial charge in [-0.25, -0.2) is 4.39 Å². The van der Waals surface area contributed by atoms with E-state index in [1.807, 2.05) is 0 Å². The summed E-state index contributed by atoms with van der Waals surface area (Å²) in [4.78, 5) is 37.4. The molecule has 4 fully saturated rings. The van der Waals surface area contributed by atoms with E-state index < -0.39 is 23.2 Å². The van der Waals surface area contributed by atoms with E-state index in [0.717, 1.165) is 32.1 Å². The lowest BCUT2D eigenvalue weighted by Gasteiger charge is -2.60. The number of hydrogen-bond acceptors (Lipinski definition) is 4. The molecule has 29 heavy (non-hydrogen) atoms. The number of carbonyl (C=O) groups excluding carboxylic acids is 3. The molecule has 0 radical (unpaired) electrons.